The summed E-state index contributed by atoms with van der Waals surface area (Å²) < 4.78 is 4.96. The third kappa shape index (κ3) is 3.54. The Labute approximate surface area is 237 Å². The fraction of sp³-hybridized carbons (Fsp3) is 0.316. The molecule has 0 spiro atoms. The fourth-order valence-corrected chi connectivity index (χ4v) is 6.86. The second-order valence-electron chi connectivity index (χ2n) is 13.7. The van der Waals surface area contributed by atoms with Gasteiger partial charge in [0.15, 0.2) is 0 Å². The molecule has 2 heteroatoms. The van der Waals surface area contributed by atoms with Crippen molar-refractivity contribution in [3.63, 3.8) is 0 Å². The van der Waals surface area contributed by atoms with E-state index >= 15 is 0 Å². The zero-order valence-electron chi connectivity index (χ0n) is 25.2. The van der Waals surface area contributed by atoms with Crippen LogP contribution in [0.2, 0.25) is 0 Å². The van der Waals surface area contributed by atoms with Gasteiger partial charge >= 0.3 is 0 Å². The van der Waals surface area contributed by atoms with E-state index in [-0.39, 0.29) is 10.8 Å². The van der Waals surface area contributed by atoms with E-state index in [0.29, 0.717) is 0 Å². The monoisotopic (exact) mass is 524 g/mol. The molecule has 0 atom stereocenters. The molecule has 40 heavy (non-hydrogen) atoms. The second kappa shape index (κ2) is 8.36. The summed E-state index contributed by atoms with van der Waals surface area (Å²) in [5.41, 5.74) is 8.31. The summed E-state index contributed by atoms with van der Waals surface area (Å²) >= 11 is 0. The first-order valence-corrected chi connectivity index (χ1v) is 14.9. The summed E-state index contributed by atoms with van der Waals surface area (Å²) in [6.07, 6.45) is 0. The van der Waals surface area contributed by atoms with Crippen molar-refractivity contribution in [1.82, 2.24) is 9.13 Å². The zero-order chi connectivity index (χ0) is 28.1. The van der Waals surface area contributed by atoms with Crippen LogP contribution in [0.4, 0.5) is 0 Å². The highest BCUT2D eigenvalue weighted by Crippen LogP contribution is 2.40. The number of hydrogen-bond acceptors (Lipinski definition) is 0. The van der Waals surface area contributed by atoms with Crippen LogP contribution in [0.5, 0.6) is 0 Å². The van der Waals surface area contributed by atoms with Gasteiger partial charge in [0.1, 0.15) is 0 Å². The van der Waals surface area contributed by atoms with Crippen molar-refractivity contribution >= 4 is 65.2 Å². The van der Waals surface area contributed by atoms with Crippen molar-refractivity contribution < 1.29 is 0 Å². The molecular formula is C38H40N2. The molecule has 7 aromatic rings. The number of aryl methyl sites for hydroxylation is 2. The highest BCUT2D eigenvalue weighted by atomic mass is 15.0. The predicted molar refractivity (Wildman–Crippen MR) is 176 cm³/mol. The van der Waals surface area contributed by atoms with Crippen LogP contribution >= 0.6 is 0 Å². The Balaban J connectivity index is 1.60. The van der Waals surface area contributed by atoms with Crippen molar-refractivity contribution in [3.05, 3.63) is 83.9 Å². The molecule has 0 amide bonds. The van der Waals surface area contributed by atoms with Gasteiger partial charge in [-0.2, -0.15) is 0 Å². The van der Waals surface area contributed by atoms with E-state index in [4.69, 9.17) is 0 Å². The Hall–Kier alpha value is -3.78. The minimum absolute atomic E-state index is 0.114. The normalized spacial score (nSPS) is 13.2. The Morgan fingerprint density at radius 1 is 0.425 bits per heavy atom. The maximum absolute atomic E-state index is 2.48. The highest BCUT2D eigenvalue weighted by Gasteiger charge is 2.20. The van der Waals surface area contributed by atoms with Gasteiger partial charge in [-0.25, -0.2) is 0 Å². The van der Waals surface area contributed by atoms with Gasteiger partial charge in [0.05, 0.1) is 0 Å². The molecule has 2 heterocycles. The number of aromatic nitrogens is 2. The Morgan fingerprint density at radius 2 is 0.800 bits per heavy atom. The van der Waals surface area contributed by atoms with Gasteiger partial charge in [0, 0.05) is 56.7 Å². The van der Waals surface area contributed by atoms with Crippen LogP contribution in [0.15, 0.2) is 72.8 Å². The average Bonchev–Trinajstić information content (AvgIpc) is 3.39. The van der Waals surface area contributed by atoms with E-state index in [1.807, 2.05) is 0 Å². The molecule has 7 rings (SSSR count). The minimum atomic E-state index is 0.114. The molecule has 0 aliphatic rings. The van der Waals surface area contributed by atoms with Crippen LogP contribution in [-0.4, -0.2) is 9.13 Å². The topological polar surface area (TPSA) is 9.86 Å². The van der Waals surface area contributed by atoms with E-state index < -0.39 is 0 Å². The van der Waals surface area contributed by atoms with Gasteiger partial charge in [0.25, 0.3) is 0 Å². The van der Waals surface area contributed by atoms with E-state index in [2.05, 4.69) is 137 Å². The van der Waals surface area contributed by atoms with Gasteiger partial charge in [-0.1, -0.05) is 65.8 Å². The van der Waals surface area contributed by atoms with Crippen LogP contribution in [0.25, 0.3) is 65.2 Å². The Morgan fingerprint density at radius 3 is 1.15 bits per heavy atom. The summed E-state index contributed by atoms with van der Waals surface area (Å²) in [6, 6.07) is 28.6. The molecule has 0 unspecified atom stereocenters. The molecule has 5 aromatic carbocycles. The van der Waals surface area contributed by atoms with Gasteiger partial charge < -0.3 is 9.13 Å². The van der Waals surface area contributed by atoms with E-state index in [1.165, 1.54) is 76.3 Å². The lowest BCUT2D eigenvalue weighted by Gasteiger charge is -2.19. The summed E-state index contributed by atoms with van der Waals surface area (Å²) in [7, 11) is 0. The van der Waals surface area contributed by atoms with Crippen LogP contribution in [0.3, 0.4) is 0 Å². The fourth-order valence-electron chi connectivity index (χ4n) is 6.86. The maximum Gasteiger partial charge on any atom is 0.0497 e. The first-order valence-electron chi connectivity index (χ1n) is 14.9. The number of rotatable bonds is 2. The Kier molecular flexibility index (Phi) is 5.27. The van der Waals surface area contributed by atoms with E-state index in [9.17, 15) is 0 Å². The van der Waals surface area contributed by atoms with Crippen LogP contribution in [-0.2, 0) is 23.9 Å². The minimum Gasteiger partial charge on any atom is -0.341 e. The van der Waals surface area contributed by atoms with E-state index in [0.717, 1.165) is 13.1 Å². The van der Waals surface area contributed by atoms with E-state index in [1.54, 1.807) is 0 Å². The summed E-state index contributed by atoms with van der Waals surface area (Å²) in [5.74, 6) is 0. The quantitative estimate of drug-likeness (QED) is 0.199. The second-order valence-corrected chi connectivity index (χ2v) is 13.7. The molecule has 2 nitrogen and oxygen atoms in total. The molecule has 0 saturated carbocycles. The van der Waals surface area contributed by atoms with Crippen molar-refractivity contribution in [3.8, 4) is 0 Å². The van der Waals surface area contributed by atoms with Crippen molar-refractivity contribution in [2.45, 2.75) is 79.3 Å². The molecule has 0 N–H and O–H groups in total. The third-order valence-electron chi connectivity index (χ3n) is 9.17. The van der Waals surface area contributed by atoms with Gasteiger partial charge in [0.2, 0.25) is 0 Å². The van der Waals surface area contributed by atoms with Gasteiger partial charge in [-0.3, -0.25) is 0 Å². The number of benzene rings is 5. The van der Waals surface area contributed by atoms with Crippen LogP contribution < -0.4 is 0 Å². The van der Waals surface area contributed by atoms with Crippen molar-refractivity contribution in [1.29, 1.82) is 0 Å². The Bertz CT molecular complexity index is 1980. The summed E-state index contributed by atoms with van der Waals surface area (Å²) in [6.45, 7) is 20.3. The van der Waals surface area contributed by atoms with Crippen molar-refractivity contribution in [2.24, 2.45) is 0 Å². The lowest BCUT2D eigenvalue weighted by atomic mass is 9.86. The molecule has 0 aliphatic heterocycles. The summed E-state index contributed by atoms with van der Waals surface area (Å²) in [5, 5.41) is 10.7. The SMILES string of the molecule is CCn1c2ccc(C(C)(C)C)cc2c2cc3c(ccc4cc5c(cc43)c3cc(C(C)(C)C)ccc3n5CC)cc21. The largest absolute Gasteiger partial charge is 0.341 e. The average molecular weight is 525 g/mol. The first kappa shape index (κ1) is 25.2. The maximum atomic E-state index is 2.48. The first-order chi connectivity index (χ1) is 19.0. The molecule has 0 saturated heterocycles. The van der Waals surface area contributed by atoms with Gasteiger partial charge in [-0.15, -0.1) is 0 Å². The molecule has 202 valence electrons. The van der Waals surface area contributed by atoms with Crippen molar-refractivity contribution in [2.75, 3.05) is 0 Å². The molecule has 0 radical (unpaired) electrons. The lowest BCUT2D eigenvalue weighted by molar-refractivity contribution is 0.591. The van der Waals surface area contributed by atoms with Crippen LogP contribution in [0, 0.1) is 0 Å². The highest BCUT2D eigenvalue weighted by molar-refractivity contribution is 6.21. The smallest absolute Gasteiger partial charge is 0.0497 e. The molecule has 0 bridgehead atoms. The zero-order valence-corrected chi connectivity index (χ0v) is 25.2. The molecule has 0 fully saturated rings. The molecule has 2 aromatic heterocycles. The number of nitrogens with zero attached hydrogens (tertiary/aromatic N) is 2. The number of fused-ring (bicyclic) bond motifs is 9. The standard InChI is InChI=1S/C38H40N2/c1-9-39-33-15-13-25(37(3,4)5)19-29(33)31-21-27-23(17-35(31)39)11-12-24-18-36-32(22-28(24)27)30-20-26(38(6,7)8)14-16-34(30)40(36)10-2/h11-22H,9-10H2,1-8H3. The predicted octanol–water partition coefficient (Wildman–Crippen LogP) is 10.8. The molecule has 0 aliphatic carbocycles. The lowest BCUT2D eigenvalue weighted by Crippen LogP contribution is -2.10. The number of hydrogen-bond donors (Lipinski definition) is 0. The molecular weight excluding hydrogens is 484 g/mol. The summed E-state index contributed by atoms with van der Waals surface area (Å²) in [4.78, 5) is 0. The van der Waals surface area contributed by atoms with Gasteiger partial charge in [-0.05, 0) is 106 Å². The van der Waals surface area contributed by atoms with Crippen LogP contribution in [0.1, 0.15) is 66.5 Å². The third-order valence-corrected chi connectivity index (χ3v) is 9.17.